The standard InChI is InChI=1S/C15H9N5O2/c21-20(22)13-8-17-15(19-13)14-16-7-11-10-4-2-1-3-9(10)5-6-12(11)18-14/h1-8H,(H,17,19). The van der Waals surface area contributed by atoms with Gasteiger partial charge in [-0.1, -0.05) is 30.3 Å². The number of rotatable bonds is 2. The predicted octanol–water partition coefficient (Wildman–Crippen LogP) is 3.08. The van der Waals surface area contributed by atoms with Gasteiger partial charge in [-0.05, 0) is 21.8 Å². The quantitative estimate of drug-likeness (QED) is 0.347. The lowest BCUT2D eigenvalue weighted by molar-refractivity contribution is -0.389. The molecule has 0 aliphatic carbocycles. The summed E-state index contributed by atoms with van der Waals surface area (Å²) in [5.41, 5.74) is 0.766. The minimum Gasteiger partial charge on any atom is -0.358 e. The highest BCUT2D eigenvalue weighted by Crippen LogP contribution is 2.25. The second-order valence-corrected chi connectivity index (χ2v) is 4.79. The summed E-state index contributed by atoms with van der Waals surface area (Å²) in [6, 6.07) is 11.9. The maximum Gasteiger partial charge on any atom is 0.341 e. The maximum atomic E-state index is 10.7. The van der Waals surface area contributed by atoms with E-state index < -0.39 is 4.92 Å². The first-order chi connectivity index (χ1) is 10.7. The lowest BCUT2D eigenvalue weighted by Crippen LogP contribution is -1.93. The normalized spacial score (nSPS) is 11.1. The Morgan fingerprint density at radius 3 is 2.68 bits per heavy atom. The van der Waals surface area contributed by atoms with Crippen molar-refractivity contribution in [2.24, 2.45) is 0 Å². The number of imidazole rings is 1. The summed E-state index contributed by atoms with van der Waals surface area (Å²) in [5.74, 6) is 0.426. The summed E-state index contributed by atoms with van der Waals surface area (Å²) in [7, 11) is 0. The Kier molecular flexibility index (Phi) is 2.59. The molecule has 0 spiro atoms. The molecule has 0 aliphatic rings. The van der Waals surface area contributed by atoms with Crippen LogP contribution in [-0.2, 0) is 0 Å². The van der Waals surface area contributed by atoms with E-state index in [1.54, 1.807) is 6.20 Å². The first kappa shape index (κ1) is 12.4. The second-order valence-electron chi connectivity index (χ2n) is 4.79. The number of benzene rings is 2. The van der Waals surface area contributed by atoms with E-state index in [1.807, 2.05) is 36.4 Å². The van der Waals surface area contributed by atoms with Gasteiger partial charge in [0.05, 0.1) is 5.52 Å². The molecule has 2 aromatic carbocycles. The van der Waals surface area contributed by atoms with Crippen LogP contribution in [0.2, 0.25) is 0 Å². The molecule has 106 valence electrons. The molecule has 4 aromatic rings. The fraction of sp³-hybridized carbons (Fsp3) is 0. The van der Waals surface area contributed by atoms with Gasteiger partial charge >= 0.3 is 5.82 Å². The molecule has 22 heavy (non-hydrogen) atoms. The van der Waals surface area contributed by atoms with E-state index in [2.05, 4.69) is 19.9 Å². The van der Waals surface area contributed by atoms with Crippen LogP contribution in [0.25, 0.3) is 33.3 Å². The molecule has 0 aliphatic heterocycles. The van der Waals surface area contributed by atoms with Crippen molar-refractivity contribution in [3.63, 3.8) is 0 Å². The Balaban J connectivity index is 1.90. The average Bonchev–Trinajstić information content (AvgIpc) is 3.04. The molecule has 2 aromatic heterocycles. The van der Waals surface area contributed by atoms with Crippen molar-refractivity contribution in [2.45, 2.75) is 0 Å². The minimum absolute atomic E-state index is 0.183. The Hall–Kier alpha value is -3.35. The number of nitrogens with one attached hydrogen (secondary N) is 1. The summed E-state index contributed by atoms with van der Waals surface area (Å²) >= 11 is 0. The summed E-state index contributed by atoms with van der Waals surface area (Å²) in [6.07, 6.45) is 2.87. The van der Waals surface area contributed by atoms with Gasteiger partial charge in [0.2, 0.25) is 5.82 Å². The molecule has 0 amide bonds. The van der Waals surface area contributed by atoms with Gasteiger partial charge in [0.1, 0.15) is 6.20 Å². The van der Waals surface area contributed by atoms with Crippen LogP contribution < -0.4 is 0 Å². The third kappa shape index (κ3) is 1.87. The fourth-order valence-electron chi connectivity index (χ4n) is 2.42. The van der Waals surface area contributed by atoms with Crippen LogP contribution in [0.15, 0.2) is 48.8 Å². The van der Waals surface area contributed by atoms with Crippen LogP contribution in [0.4, 0.5) is 5.82 Å². The van der Waals surface area contributed by atoms with Crippen molar-refractivity contribution in [3.8, 4) is 11.6 Å². The van der Waals surface area contributed by atoms with Crippen LogP contribution in [0.3, 0.4) is 0 Å². The smallest absolute Gasteiger partial charge is 0.341 e. The first-order valence-corrected chi connectivity index (χ1v) is 6.56. The Labute approximate surface area is 123 Å². The zero-order valence-electron chi connectivity index (χ0n) is 11.2. The van der Waals surface area contributed by atoms with E-state index in [9.17, 15) is 10.1 Å². The van der Waals surface area contributed by atoms with Crippen LogP contribution >= 0.6 is 0 Å². The fourth-order valence-corrected chi connectivity index (χ4v) is 2.42. The molecule has 0 atom stereocenters. The number of hydrogen-bond acceptors (Lipinski definition) is 5. The van der Waals surface area contributed by atoms with E-state index >= 15 is 0 Å². The van der Waals surface area contributed by atoms with Crippen LogP contribution in [0.1, 0.15) is 0 Å². The average molecular weight is 291 g/mol. The van der Waals surface area contributed by atoms with Gasteiger partial charge in [0.15, 0.2) is 0 Å². The molecule has 2 heterocycles. The molecule has 1 N–H and O–H groups in total. The van der Waals surface area contributed by atoms with Gasteiger partial charge in [0, 0.05) is 11.6 Å². The number of nitrogens with zero attached hydrogens (tertiary/aromatic N) is 4. The van der Waals surface area contributed by atoms with Crippen molar-refractivity contribution < 1.29 is 4.92 Å². The van der Waals surface area contributed by atoms with E-state index in [0.29, 0.717) is 5.82 Å². The van der Waals surface area contributed by atoms with Crippen molar-refractivity contribution in [3.05, 3.63) is 58.9 Å². The number of nitro groups is 1. The largest absolute Gasteiger partial charge is 0.358 e. The Morgan fingerprint density at radius 2 is 1.86 bits per heavy atom. The summed E-state index contributed by atoms with van der Waals surface area (Å²) < 4.78 is 0. The lowest BCUT2D eigenvalue weighted by atomic mass is 10.1. The van der Waals surface area contributed by atoms with Gasteiger partial charge in [0.25, 0.3) is 5.82 Å². The van der Waals surface area contributed by atoms with Gasteiger partial charge < -0.3 is 10.1 Å². The highest BCUT2D eigenvalue weighted by atomic mass is 16.6. The number of H-pyrrole nitrogens is 1. The zero-order chi connectivity index (χ0) is 15.1. The minimum atomic E-state index is -0.537. The summed E-state index contributed by atoms with van der Waals surface area (Å²) in [5, 5.41) is 13.8. The van der Waals surface area contributed by atoms with Crippen molar-refractivity contribution in [1.82, 2.24) is 19.9 Å². The Morgan fingerprint density at radius 1 is 1.00 bits per heavy atom. The molecule has 0 bridgehead atoms. The van der Waals surface area contributed by atoms with E-state index in [-0.39, 0.29) is 11.6 Å². The summed E-state index contributed by atoms with van der Waals surface area (Å²) in [6.45, 7) is 0. The molecule has 0 unspecified atom stereocenters. The van der Waals surface area contributed by atoms with Crippen molar-refractivity contribution >= 4 is 27.5 Å². The topological polar surface area (TPSA) is 97.6 Å². The van der Waals surface area contributed by atoms with Crippen LogP contribution in [0.5, 0.6) is 0 Å². The zero-order valence-corrected chi connectivity index (χ0v) is 11.2. The van der Waals surface area contributed by atoms with Crippen LogP contribution in [0, 0.1) is 10.1 Å². The number of aromatic amines is 1. The van der Waals surface area contributed by atoms with Crippen molar-refractivity contribution in [2.75, 3.05) is 0 Å². The molecule has 7 heteroatoms. The SMILES string of the molecule is O=[N+]([O-])c1cnc(-c2ncc3c(ccc4ccccc43)n2)[nH]1. The predicted molar refractivity (Wildman–Crippen MR) is 81.3 cm³/mol. The molecule has 0 saturated heterocycles. The lowest BCUT2D eigenvalue weighted by Gasteiger charge is -2.03. The number of aromatic nitrogens is 4. The molecule has 7 nitrogen and oxygen atoms in total. The van der Waals surface area contributed by atoms with Gasteiger partial charge in [-0.25, -0.2) is 19.9 Å². The highest BCUT2D eigenvalue weighted by Gasteiger charge is 2.15. The molecule has 0 fully saturated rings. The van der Waals surface area contributed by atoms with E-state index in [1.165, 1.54) is 0 Å². The number of hydrogen-bond donors (Lipinski definition) is 1. The third-order valence-electron chi connectivity index (χ3n) is 3.46. The Bertz CT molecular complexity index is 1020. The summed E-state index contributed by atoms with van der Waals surface area (Å²) in [4.78, 5) is 25.4. The van der Waals surface area contributed by atoms with Gasteiger partial charge in [-0.3, -0.25) is 0 Å². The third-order valence-corrected chi connectivity index (χ3v) is 3.46. The first-order valence-electron chi connectivity index (χ1n) is 6.56. The van der Waals surface area contributed by atoms with E-state index in [0.717, 1.165) is 27.9 Å². The molecule has 0 saturated carbocycles. The van der Waals surface area contributed by atoms with Crippen LogP contribution in [-0.4, -0.2) is 24.9 Å². The maximum absolute atomic E-state index is 10.7. The van der Waals surface area contributed by atoms with E-state index in [4.69, 9.17) is 0 Å². The molecule has 4 rings (SSSR count). The van der Waals surface area contributed by atoms with Gasteiger partial charge in [-0.15, -0.1) is 0 Å². The number of fused-ring (bicyclic) bond motifs is 3. The highest BCUT2D eigenvalue weighted by molar-refractivity contribution is 6.05. The van der Waals surface area contributed by atoms with Crippen molar-refractivity contribution in [1.29, 1.82) is 0 Å². The second kappa shape index (κ2) is 4.59. The van der Waals surface area contributed by atoms with Gasteiger partial charge in [-0.2, -0.15) is 0 Å². The molecular weight excluding hydrogens is 282 g/mol. The molecular formula is C15H9N5O2. The molecule has 0 radical (unpaired) electrons. The monoisotopic (exact) mass is 291 g/mol.